The molecule has 3 nitrogen and oxygen atoms in total. The van der Waals surface area contributed by atoms with E-state index in [9.17, 15) is 18.0 Å². The summed E-state index contributed by atoms with van der Waals surface area (Å²) in [6.45, 7) is 0. The molecule has 0 aliphatic rings. The van der Waals surface area contributed by atoms with E-state index in [2.05, 4.69) is 0 Å². The van der Waals surface area contributed by atoms with Gasteiger partial charge in [-0.1, -0.05) is 0 Å². The largest absolute Gasteiger partial charge is 0.496 e. The maximum absolute atomic E-state index is 12.7. The Morgan fingerprint density at radius 2 is 2.11 bits per heavy atom. The monoisotopic (exact) mass is 277 g/mol. The van der Waals surface area contributed by atoms with Crippen molar-refractivity contribution in [3.05, 3.63) is 28.8 Å². The van der Waals surface area contributed by atoms with Crippen molar-refractivity contribution in [1.29, 1.82) is 5.26 Å². The zero-order valence-electron chi connectivity index (χ0n) is 9.14. The molecule has 0 N–H and O–H groups in total. The van der Waals surface area contributed by atoms with Crippen LogP contribution in [0.4, 0.5) is 13.2 Å². The molecule has 7 heteroatoms. The normalized spacial score (nSPS) is 10.9. The van der Waals surface area contributed by atoms with Crippen LogP contribution in [0.1, 0.15) is 21.5 Å². The maximum atomic E-state index is 12.7. The summed E-state index contributed by atoms with van der Waals surface area (Å²) in [5.74, 6) is -1.44. The number of carbonyl (C=O) groups excluding carboxylic acids is 1. The number of hydrogen-bond acceptors (Lipinski definition) is 3. The van der Waals surface area contributed by atoms with Gasteiger partial charge in [0.25, 0.3) is 0 Å². The third-order valence-corrected chi connectivity index (χ3v) is 2.45. The molecule has 0 fully saturated rings. The van der Waals surface area contributed by atoms with Crippen molar-refractivity contribution in [2.45, 2.75) is 6.18 Å². The van der Waals surface area contributed by atoms with Crippen molar-refractivity contribution < 1.29 is 22.7 Å². The van der Waals surface area contributed by atoms with Crippen LogP contribution in [0.3, 0.4) is 0 Å². The fraction of sp³-hybridized carbons (Fsp3) is 0.273. The van der Waals surface area contributed by atoms with Crippen molar-refractivity contribution in [1.82, 2.24) is 0 Å². The molecule has 18 heavy (non-hydrogen) atoms. The van der Waals surface area contributed by atoms with Gasteiger partial charge in [-0.05, 0) is 12.1 Å². The smallest absolute Gasteiger partial charge is 0.417 e. The average Bonchev–Trinajstić information content (AvgIpc) is 2.34. The first-order valence-corrected chi connectivity index (χ1v) is 5.17. The lowest BCUT2D eigenvalue weighted by Gasteiger charge is -2.14. The topological polar surface area (TPSA) is 50.1 Å². The van der Waals surface area contributed by atoms with Gasteiger partial charge in [0.05, 0.1) is 29.7 Å². The van der Waals surface area contributed by atoms with E-state index < -0.39 is 34.5 Å². The van der Waals surface area contributed by atoms with E-state index in [0.29, 0.717) is 6.07 Å². The number of ketones is 1. The number of rotatable bonds is 3. The lowest BCUT2D eigenvalue weighted by molar-refractivity contribution is -0.137. The Morgan fingerprint density at radius 1 is 1.50 bits per heavy atom. The van der Waals surface area contributed by atoms with Gasteiger partial charge >= 0.3 is 6.18 Å². The van der Waals surface area contributed by atoms with Crippen molar-refractivity contribution in [3.63, 3.8) is 0 Å². The van der Waals surface area contributed by atoms with Gasteiger partial charge in [0.2, 0.25) is 0 Å². The molecule has 0 aliphatic carbocycles. The minimum absolute atomic E-state index is 0.106. The molecular formula is C11H7ClF3NO2. The Balaban J connectivity index is 3.64. The molecule has 0 bridgehead atoms. The SMILES string of the molecule is COc1ccc(C(F)(F)F)c(C#N)c1C(=O)CCl. The number of alkyl halides is 4. The number of ether oxygens (including phenoxy) is 1. The molecular weight excluding hydrogens is 271 g/mol. The second-order valence-corrected chi connectivity index (χ2v) is 3.50. The summed E-state index contributed by atoms with van der Waals surface area (Å²) in [6, 6.07) is 3.07. The third kappa shape index (κ3) is 2.57. The second-order valence-electron chi connectivity index (χ2n) is 3.23. The van der Waals surface area contributed by atoms with Gasteiger partial charge in [-0.15, -0.1) is 11.6 Å². The van der Waals surface area contributed by atoms with Crippen molar-refractivity contribution in [3.8, 4) is 11.8 Å². The van der Waals surface area contributed by atoms with Crippen molar-refractivity contribution >= 4 is 17.4 Å². The minimum atomic E-state index is -4.72. The highest BCUT2D eigenvalue weighted by molar-refractivity contribution is 6.31. The lowest BCUT2D eigenvalue weighted by Crippen LogP contribution is -2.14. The first kappa shape index (κ1) is 14.3. The first-order valence-electron chi connectivity index (χ1n) is 4.64. The van der Waals surface area contributed by atoms with Crippen LogP contribution in [-0.4, -0.2) is 18.8 Å². The molecule has 0 saturated carbocycles. The molecule has 0 aliphatic heterocycles. The molecule has 0 unspecified atom stereocenters. The van der Waals surface area contributed by atoms with Gasteiger partial charge in [-0.3, -0.25) is 4.79 Å². The minimum Gasteiger partial charge on any atom is -0.496 e. The van der Waals surface area contributed by atoms with Crippen LogP contribution >= 0.6 is 11.6 Å². The highest BCUT2D eigenvalue weighted by Crippen LogP contribution is 2.36. The molecule has 1 aromatic carbocycles. The zero-order valence-corrected chi connectivity index (χ0v) is 9.89. The van der Waals surface area contributed by atoms with Crippen LogP contribution in [-0.2, 0) is 6.18 Å². The summed E-state index contributed by atoms with van der Waals surface area (Å²) in [6.07, 6.45) is -4.72. The fourth-order valence-electron chi connectivity index (χ4n) is 1.45. The van der Waals surface area contributed by atoms with Crippen LogP contribution in [0.25, 0.3) is 0 Å². The summed E-state index contributed by atoms with van der Waals surface area (Å²) >= 11 is 5.32. The number of nitriles is 1. The summed E-state index contributed by atoms with van der Waals surface area (Å²) in [7, 11) is 1.19. The molecule has 1 rings (SSSR count). The second kappa shape index (κ2) is 5.27. The van der Waals surface area contributed by atoms with E-state index in [1.54, 1.807) is 0 Å². The van der Waals surface area contributed by atoms with Crippen LogP contribution < -0.4 is 4.74 Å². The highest BCUT2D eigenvalue weighted by atomic mass is 35.5. The number of hydrogen-bond donors (Lipinski definition) is 0. The molecule has 0 spiro atoms. The van der Waals surface area contributed by atoms with E-state index in [4.69, 9.17) is 21.6 Å². The maximum Gasteiger partial charge on any atom is 0.417 e. The lowest BCUT2D eigenvalue weighted by atomic mass is 9.98. The summed E-state index contributed by atoms with van der Waals surface area (Å²) in [4.78, 5) is 11.5. The standard InChI is InChI=1S/C11H7ClF3NO2/c1-18-9-3-2-7(11(13,14)15)6(5-16)10(9)8(17)4-12/h2-3H,4H2,1H3. The Morgan fingerprint density at radius 3 is 2.50 bits per heavy atom. The Hall–Kier alpha value is -1.74. The molecule has 96 valence electrons. The van der Waals surface area contributed by atoms with Gasteiger partial charge in [0, 0.05) is 0 Å². The van der Waals surface area contributed by atoms with Crippen LogP contribution in [0, 0.1) is 11.3 Å². The molecule has 0 atom stereocenters. The number of benzene rings is 1. The zero-order chi connectivity index (χ0) is 13.9. The molecule has 1 aromatic rings. The van der Waals surface area contributed by atoms with Gasteiger partial charge < -0.3 is 4.74 Å². The number of carbonyl (C=O) groups is 1. The quantitative estimate of drug-likeness (QED) is 0.630. The number of methoxy groups -OCH3 is 1. The van der Waals surface area contributed by atoms with Gasteiger partial charge in [-0.2, -0.15) is 18.4 Å². The predicted octanol–water partition coefficient (Wildman–Crippen LogP) is 3.01. The first-order chi connectivity index (χ1) is 8.36. The Labute approximate surface area is 106 Å². The number of Topliss-reactive ketones (excluding diaryl/α,β-unsaturated/α-hetero) is 1. The Bertz CT molecular complexity index is 520. The molecule has 0 aromatic heterocycles. The van der Waals surface area contributed by atoms with E-state index in [1.807, 2.05) is 0 Å². The Kier molecular flexibility index (Phi) is 4.19. The average molecular weight is 278 g/mol. The molecule has 0 radical (unpaired) electrons. The van der Waals surface area contributed by atoms with Gasteiger partial charge in [-0.25, -0.2) is 0 Å². The summed E-state index contributed by atoms with van der Waals surface area (Å²) in [5, 5.41) is 8.83. The molecule has 0 heterocycles. The van der Waals surface area contributed by atoms with Crippen LogP contribution in [0.15, 0.2) is 12.1 Å². The number of halogens is 4. The summed E-state index contributed by atoms with van der Waals surface area (Å²) in [5.41, 5.74) is -2.39. The van der Waals surface area contributed by atoms with Gasteiger partial charge in [0.15, 0.2) is 5.78 Å². The number of nitrogens with zero attached hydrogens (tertiary/aromatic N) is 1. The fourth-order valence-corrected chi connectivity index (χ4v) is 1.58. The highest BCUT2D eigenvalue weighted by Gasteiger charge is 2.36. The van der Waals surface area contributed by atoms with E-state index in [0.717, 1.165) is 6.07 Å². The van der Waals surface area contributed by atoms with Gasteiger partial charge in [0.1, 0.15) is 11.8 Å². The third-order valence-electron chi connectivity index (χ3n) is 2.20. The van der Waals surface area contributed by atoms with E-state index in [1.165, 1.54) is 13.2 Å². The van der Waals surface area contributed by atoms with Crippen molar-refractivity contribution in [2.24, 2.45) is 0 Å². The van der Waals surface area contributed by atoms with E-state index in [-0.39, 0.29) is 5.75 Å². The molecule has 0 amide bonds. The summed E-state index contributed by atoms with van der Waals surface area (Å²) < 4.78 is 42.8. The van der Waals surface area contributed by atoms with Crippen LogP contribution in [0.2, 0.25) is 0 Å². The molecule has 0 saturated heterocycles. The predicted molar refractivity (Wildman–Crippen MR) is 57.8 cm³/mol. The van der Waals surface area contributed by atoms with E-state index >= 15 is 0 Å². The van der Waals surface area contributed by atoms with Crippen LogP contribution in [0.5, 0.6) is 5.75 Å². The van der Waals surface area contributed by atoms with Crippen molar-refractivity contribution in [2.75, 3.05) is 13.0 Å².